The molecule has 9 nitrogen and oxygen atoms in total. The number of amides is 2. The van der Waals surface area contributed by atoms with Gasteiger partial charge < -0.3 is 26.4 Å². The third kappa shape index (κ3) is 3.96. The Hall–Kier alpha value is -3.85. The monoisotopic (exact) mass is 405 g/mol. The molecule has 1 atom stereocenters. The number of dihydropyridines is 1. The van der Waals surface area contributed by atoms with Gasteiger partial charge in [0, 0.05) is 30.1 Å². The van der Waals surface area contributed by atoms with E-state index in [2.05, 4.69) is 26.0 Å². The van der Waals surface area contributed by atoms with Crippen LogP contribution in [0.25, 0.3) is 16.6 Å². The molecule has 0 saturated heterocycles. The van der Waals surface area contributed by atoms with E-state index in [1.807, 2.05) is 55.7 Å². The Morgan fingerprint density at radius 2 is 2.13 bits per heavy atom. The van der Waals surface area contributed by atoms with Crippen molar-refractivity contribution in [2.75, 3.05) is 18.2 Å². The molecule has 1 aromatic carbocycles. The summed E-state index contributed by atoms with van der Waals surface area (Å²) in [4.78, 5) is 16.4. The number of benzene rings is 1. The van der Waals surface area contributed by atoms with Gasteiger partial charge in [0.2, 0.25) is 0 Å². The number of ether oxygens (including phenoxy) is 1. The number of nitrogens with zero attached hydrogens (tertiary/aromatic N) is 3. The van der Waals surface area contributed by atoms with Crippen molar-refractivity contribution in [3.63, 3.8) is 0 Å². The maximum Gasteiger partial charge on any atom is 0.321 e. The summed E-state index contributed by atoms with van der Waals surface area (Å²) in [6, 6.07) is 7.21. The van der Waals surface area contributed by atoms with Gasteiger partial charge in [-0.05, 0) is 48.5 Å². The number of urea groups is 1. The molecule has 2 aromatic heterocycles. The van der Waals surface area contributed by atoms with Crippen LogP contribution in [0, 0.1) is 0 Å². The van der Waals surface area contributed by atoms with Crippen LogP contribution in [0.1, 0.15) is 12.5 Å². The van der Waals surface area contributed by atoms with Gasteiger partial charge in [-0.15, -0.1) is 0 Å². The number of anilines is 2. The zero-order valence-electron chi connectivity index (χ0n) is 16.7. The van der Waals surface area contributed by atoms with E-state index in [9.17, 15) is 4.79 Å². The highest BCUT2D eigenvalue weighted by atomic mass is 16.5. The van der Waals surface area contributed by atoms with Gasteiger partial charge in [-0.25, -0.2) is 14.3 Å². The van der Waals surface area contributed by atoms with E-state index < -0.39 is 0 Å². The average Bonchev–Trinajstić information content (AvgIpc) is 3.08. The van der Waals surface area contributed by atoms with Crippen LogP contribution in [-0.4, -0.2) is 33.9 Å². The number of hydrogen-bond acceptors (Lipinski definition) is 6. The summed E-state index contributed by atoms with van der Waals surface area (Å²) >= 11 is 0. The van der Waals surface area contributed by atoms with Crippen molar-refractivity contribution in [3.05, 3.63) is 66.3 Å². The summed E-state index contributed by atoms with van der Waals surface area (Å²) in [6.45, 7) is 2.39. The zero-order valence-corrected chi connectivity index (χ0v) is 16.7. The SMILES string of the molecule is COCc1cn2ncnc(N)c2c1-c1ccc(NC(=O)NC2C=C(C)C=CN2)cc1. The number of rotatable bonds is 5. The smallest absolute Gasteiger partial charge is 0.321 e. The lowest BCUT2D eigenvalue weighted by molar-refractivity contribution is 0.185. The minimum atomic E-state index is -0.299. The van der Waals surface area contributed by atoms with Gasteiger partial charge in [0.15, 0.2) is 5.82 Å². The molecule has 5 N–H and O–H groups in total. The molecule has 3 aromatic rings. The second-order valence-electron chi connectivity index (χ2n) is 6.96. The predicted molar refractivity (Wildman–Crippen MR) is 116 cm³/mol. The number of nitrogens with one attached hydrogen (secondary N) is 3. The highest BCUT2D eigenvalue weighted by Crippen LogP contribution is 2.33. The predicted octanol–water partition coefficient (Wildman–Crippen LogP) is 2.64. The fraction of sp³-hybridized carbons (Fsp3) is 0.190. The highest BCUT2D eigenvalue weighted by Gasteiger charge is 2.17. The first-order valence-electron chi connectivity index (χ1n) is 9.44. The number of nitrogens with two attached hydrogens (primary N) is 1. The maximum atomic E-state index is 12.3. The Labute approximate surface area is 173 Å². The van der Waals surface area contributed by atoms with Crippen molar-refractivity contribution < 1.29 is 9.53 Å². The normalized spacial score (nSPS) is 15.5. The second kappa shape index (κ2) is 8.26. The Morgan fingerprint density at radius 3 is 2.87 bits per heavy atom. The van der Waals surface area contributed by atoms with Gasteiger partial charge in [0.1, 0.15) is 18.0 Å². The lowest BCUT2D eigenvalue weighted by atomic mass is 10.0. The number of methoxy groups -OCH3 is 1. The van der Waals surface area contributed by atoms with Crippen LogP contribution in [-0.2, 0) is 11.3 Å². The van der Waals surface area contributed by atoms with Gasteiger partial charge >= 0.3 is 6.03 Å². The van der Waals surface area contributed by atoms with E-state index in [-0.39, 0.29) is 12.2 Å². The Balaban J connectivity index is 1.55. The molecule has 1 aliphatic rings. The van der Waals surface area contributed by atoms with E-state index in [0.717, 1.165) is 27.8 Å². The number of allylic oxidation sites excluding steroid dienone is 2. The van der Waals surface area contributed by atoms with Crippen molar-refractivity contribution in [3.8, 4) is 11.1 Å². The molecule has 4 rings (SSSR count). The lowest BCUT2D eigenvalue weighted by Gasteiger charge is -2.19. The third-order valence-electron chi connectivity index (χ3n) is 4.75. The summed E-state index contributed by atoms with van der Waals surface area (Å²) < 4.78 is 7.03. The van der Waals surface area contributed by atoms with Crippen molar-refractivity contribution >= 4 is 23.1 Å². The Morgan fingerprint density at radius 1 is 1.33 bits per heavy atom. The molecule has 0 saturated carbocycles. The summed E-state index contributed by atoms with van der Waals surface area (Å²) in [5.74, 6) is 0.390. The van der Waals surface area contributed by atoms with E-state index in [4.69, 9.17) is 10.5 Å². The first-order valence-corrected chi connectivity index (χ1v) is 9.44. The quantitative estimate of drug-likeness (QED) is 0.518. The first kappa shape index (κ1) is 19.5. The molecule has 0 bridgehead atoms. The summed E-state index contributed by atoms with van der Waals surface area (Å²) in [5.41, 5.74) is 11.4. The largest absolute Gasteiger partial charge is 0.382 e. The van der Waals surface area contributed by atoms with Crippen LogP contribution in [0.4, 0.5) is 16.3 Å². The summed E-state index contributed by atoms with van der Waals surface area (Å²) in [5, 5.41) is 13.0. The molecule has 154 valence electrons. The van der Waals surface area contributed by atoms with Gasteiger partial charge in [-0.2, -0.15) is 5.10 Å². The molecule has 0 radical (unpaired) electrons. The zero-order chi connectivity index (χ0) is 21.1. The molecule has 9 heteroatoms. The van der Waals surface area contributed by atoms with Crippen LogP contribution in [0.15, 0.2) is 60.7 Å². The highest BCUT2D eigenvalue weighted by molar-refractivity contribution is 5.92. The average molecular weight is 405 g/mol. The molecule has 0 aliphatic carbocycles. The van der Waals surface area contributed by atoms with E-state index >= 15 is 0 Å². The van der Waals surface area contributed by atoms with Crippen LogP contribution in [0.5, 0.6) is 0 Å². The summed E-state index contributed by atoms with van der Waals surface area (Å²) in [6.07, 6.45) is 8.74. The van der Waals surface area contributed by atoms with Crippen LogP contribution in [0.3, 0.4) is 0 Å². The Bertz CT molecular complexity index is 1130. The van der Waals surface area contributed by atoms with E-state index in [0.29, 0.717) is 18.1 Å². The number of aromatic nitrogens is 3. The van der Waals surface area contributed by atoms with Gasteiger partial charge in [-0.3, -0.25) is 0 Å². The lowest BCUT2D eigenvalue weighted by Crippen LogP contribution is -2.44. The molecule has 1 unspecified atom stereocenters. The second-order valence-corrected chi connectivity index (χ2v) is 6.96. The van der Waals surface area contributed by atoms with Crippen molar-refractivity contribution in [1.82, 2.24) is 25.2 Å². The molecular formula is C21H23N7O2. The fourth-order valence-electron chi connectivity index (χ4n) is 3.43. The molecule has 2 amide bonds. The number of carbonyl (C=O) groups excluding carboxylic acids is 1. The van der Waals surface area contributed by atoms with Crippen LogP contribution < -0.4 is 21.7 Å². The third-order valence-corrected chi connectivity index (χ3v) is 4.75. The topological polar surface area (TPSA) is 119 Å². The van der Waals surface area contributed by atoms with Crippen LogP contribution in [0.2, 0.25) is 0 Å². The minimum Gasteiger partial charge on any atom is -0.382 e. The molecular weight excluding hydrogens is 382 g/mol. The molecule has 3 heterocycles. The maximum absolute atomic E-state index is 12.3. The Kier molecular flexibility index (Phi) is 5.36. The van der Waals surface area contributed by atoms with Gasteiger partial charge in [-0.1, -0.05) is 12.1 Å². The number of fused-ring (bicyclic) bond motifs is 1. The standard InChI is InChI=1S/C21H23N7O2/c1-13-7-8-23-17(9-13)27-21(29)26-16-5-3-14(4-6-16)18-15(11-30-2)10-28-19(18)20(22)24-12-25-28/h3-10,12,17,23H,11H2,1-2H3,(H2,22,24,25)(H2,26,27,29). The van der Waals surface area contributed by atoms with Crippen molar-refractivity contribution in [2.45, 2.75) is 19.7 Å². The van der Waals surface area contributed by atoms with Crippen molar-refractivity contribution in [2.24, 2.45) is 0 Å². The van der Waals surface area contributed by atoms with E-state index in [1.54, 1.807) is 11.6 Å². The van der Waals surface area contributed by atoms with E-state index in [1.165, 1.54) is 6.33 Å². The molecule has 0 spiro atoms. The molecule has 0 fully saturated rings. The van der Waals surface area contributed by atoms with Gasteiger partial charge in [0.05, 0.1) is 6.61 Å². The molecule has 30 heavy (non-hydrogen) atoms. The first-order chi connectivity index (χ1) is 14.5. The van der Waals surface area contributed by atoms with Crippen molar-refractivity contribution in [1.29, 1.82) is 0 Å². The van der Waals surface area contributed by atoms with Crippen LogP contribution >= 0.6 is 0 Å². The molecule has 1 aliphatic heterocycles. The summed E-state index contributed by atoms with van der Waals surface area (Å²) in [7, 11) is 1.64. The minimum absolute atomic E-state index is 0.249. The number of hydrogen-bond donors (Lipinski definition) is 4. The number of carbonyl (C=O) groups is 1. The fourth-order valence-corrected chi connectivity index (χ4v) is 3.43. The van der Waals surface area contributed by atoms with Gasteiger partial charge in [0.25, 0.3) is 0 Å². The number of nitrogen functional groups attached to an aromatic ring is 1.